The summed E-state index contributed by atoms with van der Waals surface area (Å²) in [6.45, 7) is 7.45. The van der Waals surface area contributed by atoms with E-state index in [0.717, 1.165) is 0 Å². The average Bonchev–Trinajstić information content (AvgIpc) is 2.38. The van der Waals surface area contributed by atoms with Crippen molar-refractivity contribution in [1.82, 2.24) is 0 Å². The van der Waals surface area contributed by atoms with Crippen LogP contribution in [0.15, 0.2) is 12.3 Å². The molecule has 0 spiro atoms. The highest BCUT2D eigenvalue weighted by Crippen LogP contribution is 1.92. The zero-order chi connectivity index (χ0) is 16.4. The molecule has 0 amide bonds. The van der Waals surface area contributed by atoms with Crippen LogP contribution in [-0.2, 0) is 33.4 Å². The van der Waals surface area contributed by atoms with E-state index in [1.54, 1.807) is 21.0 Å². The van der Waals surface area contributed by atoms with Crippen molar-refractivity contribution in [3.05, 3.63) is 12.3 Å². The van der Waals surface area contributed by atoms with E-state index in [9.17, 15) is 9.59 Å². The molecule has 0 saturated heterocycles. The molecule has 8 nitrogen and oxygen atoms in total. The monoisotopic (exact) mass is 292 g/mol. The maximum atomic E-state index is 10.1. The summed E-state index contributed by atoms with van der Waals surface area (Å²) in [6.07, 6.45) is 0.788. The topological polar surface area (TPSA) is 116 Å². The Morgan fingerprint density at radius 2 is 1.80 bits per heavy atom. The molecule has 0 rings (SSSR count). The zero-order valence-corrected chi connectivity index (χ0v) is 11.8. The van der Waals surface area contributed by atoms with Crippen LogP contribution in [0.2, 0.25) is 0 Å². The van der Waals surface area contributed by atoms with Crippen molar-refractivity contribution in [2.24, 2.45) is 0 Å². The lowest BCUT2D eigenvalue weighted by molar-refractivity contribution is -0.191. The summed E-state index contributed by atoms with van der Waals surface area (Å²) in [5, 5.41) is 8.20. The number of ether oxygens (including phenoxy) is 3. The normalized spacial score (nSPS) is 7.95. The van der Waals surface area contributed by atoms with E-state index in [1.165, 1.54) is 0 Å². The van der Waals surface area contributed by atoms with Crippen molar-refractivity contribution in [3.63, 3.8) is 0 Å². The number of carbonyl (C=O) groups is 2. The molecule has 0 aliphatic rings. The van der Waals surface area contributed by atoms with E-state index in [-0.39, 0.29) is 24.5 Å². The number of rotatable bonds is 8. The standard InChI is InChI=1S/C6H10O4.C5H10O2.CO2/c1-3-9-4-10-5(2)6(7)8;1-5(6)3-4-7-2;2-1-3/h2-4H2,1H3,(H,7,8);3-4H2,1-2H3;. The van der Waals surface area contributed by atoms with Gasteiger partial charge in [-0.25, -0.2) is 4.79 Å². The van der Waals surface area contributed by atoms with Gasteiger partial charge in [0.25, 0.3) is 0 Å². The molecule has 20 heavy (non-hydrogen) atoms. The number of methoxy groups -OCH3 is 1. The molecule has 0 fully saturated rings. The van der Waals surface area contributed by atoms with Crippen molar-refractivity contribution >= 4 is 17.9 Å². The Morgan fingerprint density at radius 1 is 1.30 bits per heavy atom. The van der Waals surface area contributed by atoms with Crippen LogP contribution < -0.4 is 0 Å². The summed E-state index contributed by atoms with van der Waals surface area (Å²) in [5.74, 6) is -1.28. The van der Waals surface area contributed by atoms with E-state index in [0.29, 0.717) is 19.6 Å². The van der Waals surface area contributed by atoms with Gasteiger partial charge in [-0.05, 0) is 20.4 Å². The molecule has 0 aliphatic carbocycles. The summed E-state index contributed by atoms with van der Waals surface area (Å²) in [7, 11) is 1.59. The van der Waals surface area contributed by atoms with Gasteiger partial charge in [0.2, 0.25) is 0 Å². The lowest BCUT2D eigenvalue weighted by Crippen LogP contribution is -2.06. The van der Waals surface area contributed by atoms with E-state index >= 15 is 0 Å². The van der Waals surface area contributed by atoms with E-state index in [4.69, 9.17) is 19.4 Å². The Kier molecular flexibility index (Phi) is 22.3. The number of carboxylic acid groups (broad SMARTS) is 1. The largest absolute Gasteiger partial charge is 0.475 e. The number of Topliss-reactive ketones (excluding diaryl/α,β-unsaturated/α-hetero) is 1. The lowest BCUT2D eigenvalue weighted by atomic mass is 10.3. The van der Waals surface area contributed by atoms with Crippen molar-refractivity contribution in [2.45, 2.75) is 20.3 Å². The number of hydrogen-bond donors (Lipinski definition) is 1. The van der Waals surface area contributed by atoms with E-state index < -0.39 is 5.97 Å². The summed E-state index contributed by atoms with van der Waals surface area (Å²) in [4.78, 5) is 36.4. The molecule has 0 bridgehead atoms. The molecule has 8 heteroatoms. The van der Waals surface area contributed by atoms with Gasteiger partial charge in [-0.1, -0.05) is 0 Å². The first-order valence-corrected chi connectivity index (χ1v) is 5.47. The second-order valence-electron chi connectivity index (χ2n) is 3.01. The van der Waals surface area contributed by atoms with Crippen LogP contribution in [0.1, 0.15) is 20.3 Å². The highest BCUT2D eigenvalue weighted by Gasteiger charge is 2.02. The molecule has 0 aliphatic heterocycles. The van der Waals surface area contributed by atoms with Gasteiger partial charge in [0.15, 0.2) is 12.6 Å². The van der Waals surface area contributed by atoms with Gasteiger partial charge >= 0.3 is 12.1 Å². The second-order valence-corrected chi connectivity index (χ2v) is 3.01. The van der Waals surface area contributed by atoms with Crippen molar-refractivity contribution in [2.75, 3.05) is 27.1 Å². The summed E-state index contributed by atoms with van der Waals surface area (Å²) < 4.78 is 13.9. The Labute approximate surface area is 117 Å². The molecule has 0 radical (unpaired) electrons. The smallest absolute Gasteiger partial charge is 0.373 e. The van der Waals surface area contributed by atoms with Crippen molar-refractivity contribution < 1.29 is 38.5 Å². The molecule has 116 valence electrons. The summed E-state index contributed by atoms with van der Waals surface area (Å²) in [6, 6.07) is 0. The molecule has 0 aromatic rings. The SMILES string of the molecule is C=C(OCOCC)C(=O)O.COCCC(C)=O.O=C=O. The van der Waals surface area contributed by atoms with E-state index in [1.807, 2.05) is 0 Å². The molecule has 0 unspecified atom stereocenters. The predicted molar refractivity (Wildman–Crippen MR) is 66.5 cm³/mol. The highest BCUT2D eigenvalue weighted by atomic mass is 16.7. The molecule has 0 aromatic heterocycles. The number of carbonyl (C=O) groups excluding carboxylic acids is 3. The Bertz CT molecular complexity index is 305. The number of ketones is 1. The predicted octanol–water partition coefficient (Wildman–Crippen LogP) is 0.624. The van der Waals surface area contributed by atoms with Gasteiger partial charge in [-0.15, -0.1) is 0 Å². The fourth-order valence-electron chi connectivity index (χ4n) is 0.504. The fraction of sp³-hybridized carbons (Fsp3) is 0.583. The van der Waals surface area contributed by atoms with Crippen LogP contribution in [0.25, 0.3) is 0 Å². The number of hydrogen-bond acceptors (Lipinski definition) is 7. The molecule has 1 N–H and O–H groups in total. The lowest BCUT2D eigenvalue weighted by Gasteiger charge is -2.03. The van der Waals surface area contributed by atoms with Gasteiger partial charge in [-0.2, -0.15) is 9.59 Å². The third-order valence-corrected chi connectivity index (χ3v) is 1.42. The minimum Gasteiger partial charge on any atom is -0.475 e. The molecule has 0 atom stereocenters. The van der Waals surface area contributed by atoms with Gasteiger partial charge in [0.1, 0.15) is 5.78 Å². The van der Waals surface area contributed by atoms with Crippen LogP contribution in [0.5, 0.6) is 0 Å². The highest BCUT2D eigenvalue weighted by molar-refractivity contribution is 5.83. The Hall–Kier alpha value is -2.02. The Balaban J connectivity index is -0.000000251. The summed E-state index contributed by atoms with van der Waals surface area (Å²) >= 11 is 0. The van der Waals surface area contributed by atoms with Gasteiger partial charge in [0.05, 0.1) is 6.61 Å². The minimum absolute atomic E-state index is 0.0539. The molecular weight excluding hydrogens is 272 g/mol. The van der Waals surface area contributed by atoms with Crippen LogP contribution in [0.4, 0.5) is 0 Å². The van der Waals surface area contributed by atoms with Gasteiger partial charge in [-0.3, -0.25) is 4.79 Å². The first-order chi connectivity index (χ1) is 9.37. The van der Waals surface area contributed by atoms with Crippen molar-refractivity contribution in [3.8, 4) is 0 Å². The van der Waals surface area contributed by atoms with Gasteiger partial charge < -0.3 is 19.3 Å². The van der Waals surface area contributed by atoms with Crippen LogP contribution in [-0.4, -0.2) is 50.1 Å². The summed E-state index contributed by atoms with van der Waals surface area (Å²) in [5.41, 5.74) is 0. The third kappa shape index (κ3) is 29.7. The van der Waals surface area contributed by atoms with Crippen LogP contribution in [0.3, 0.4) is 0 Å². The number of carboxylic acids is 1. The molecule has 0 saturated carbocycles. The maximum Gasteiger partial charge on any atom is 0.373 e. The van der Waals surface area contributed by atoms with Crippen LogP contribution in [0, 0.1) is 0 Å². The average molecular weight is 292 g/mol. The third-order valence-electron chi connectivity index (χ3n) is 1.42. The van der Waals surface area contributed by atoms with Gasteiger partial charge in [0, 0.05) is 20.1 Å². The molecular formula is C12H20O8. The quantitative estimate of drug-likeness (QED) is 0.299. The zero-order valence-electron chi connectivity index (χ0n) is 11.8. The molecule has 0 heterocycles. The molecule has 0 aromatic carbocycles. The second kappa shape index (κ2) is 19.3. The van der Waals surface area contributed by atoms with E-state index in [2.05, 4.69) is 16.1 Å². The van der Waals surface area contributed by atoms with Crippen molar-refractivity contribution in [1.29, 1.82) is 0 Å². The first-order valence-electron chi connectivity index (χ1n) is 5.47. The minimum atomic E-state index is -1.17. The fourth-order valence-corrected chi connectivity index (χ4v) is 0.504. The Morgan fingerprint density at radius 3 is 2.05 bits per heavy atom. The maximum absolute atomic E-state index is 10.1. The van der Waals surface area contributed by atoms with Crippen LogP contribution >= 0.6 is 0 Å². The first kappa shape index (κ1) is 23.1. The number of aliphatic carboxylic acids is 1.